The molecule has 37 heavy (non-hydrogen) atoms. The predicted octanol–water partition coefficient (Wildman–Crippen LogP) is 7.99. The molecule has 0 atom stereocenters. The Balaban J connectivity index is 1.63. The Kier molecular flexibility index (Phi) is 6.80. The topological polar surface area (TPSA) is 75.2 Å². The summed E-state index contributed by atoms with van der Waals surface area (Å²) in [4.78, 5) is 13.0. The molecule has 2 aromatic heterocycles. The summed E-state index contributed by atoms with van der Waals surface area (Å²) < 4.78 is 7.73. The molecule has 0 bridgehead atoms. The molecule has 0 aliphatic rings. The van der Waals surface area contributed by atoms with E-state index in [-0.39, 0.29) is 5.57 Å². The number of carboxylic acids is 1. The third-order valence-corrected chi connectivity index (χ3v) is 7.65. The quantitative estimate of drug-likeness (QED) is 0.171. The zero-order valence-electron chi connectivity index (χ0n) is 20.7. The molecule has 0 radical (unpaired) electrons. The highest BCUT2D eigenvalue weighted by Crippen LogP contribution is 2.37. The number of thiophene rings is 1. The maximum Gasteiger partial charge on any atom is 0.346 e. The summed E-state index contributed by atoms with van der Waals surface area (Å²) in [5, 5.41) is 20.7. The second-order valence-corrected chi connectivity index (χ2v) is 9.99. The van der Waals surface area contributed by atoms with Crippen molar-refractivity contribution in [2.24, 2.45) is 0 Å². The molecule has 5 nitrogen and oxygen atoms in total. The van der Waals surface area contributed by atoms with Gasteiger partial charge in [-0.25, -0.2) is 4.79 Å². The summed E-state index contributed by atoms with van der Waals surface area (Å²) in [5.41, 5.74) is 5.50. The number of nitriles is 1. The summed E-state index contributed by atoms with van der Waals surface area (Å²) in [5.74, 6) is -0.382. The molecule has 1 N–H and O–H groups in total. The SMILES string of the molecule is CCCCn1c2ccc(-c3ccc(OC)cc3)cc2c2cc(-c3ccc(/C=C(\C#N)C(=O)O)s3)ccc21. The summed E-state index contributed by atoms with van der Waals surface area (Å²) in [6.07, 6.45) is 3.65. The molecule has 3 aromatic carbocycles. The van der Waals surface area contributed by atoms with Crippen LogP contribution in [0.4, 0.5) is 0 Å². The van der Waals surface area contributed by atoms with E-state index in [2.05, 4.69) is 60.0 Å². The van der Waals surface area contributed by atoms with Crippen LogP contribution in [-0.2, 0) is 11.3 Å². The van der Waals surface area contributed by atoms with E-state index in [1.165, 1.54) is 39.2 Å². The fourth-order valence-electron chi connectivity index (χ4n) is 4.65. The fourth-order valence-corrected chi connectivity index (χ4v) is 5.59. The van der Waals surface area contributed by atoms with E-state index >= 15 is 0 Å². The smallest absolute Gasteiger partial charge is 0.346 e. The average Bonchev–Trinajstić information content (AvgIpc) is 3.52. The molecule has 0 amide bonds. The molecule has 2 heterocycles. The number of ether oxygens (including phenoxy) is 1. The molecule has 0 aliphatic carbocycles. The van der Waals surface area contributed by atoms with Crippen molar-refractivity contribution in [3.8, 4) is 33.4 Å². The lowest BCUT2D eigenvalue weighted by Gasteiger charge is -2.08. The predicted molar refractivity (Wildman–Crippen MR) is 151 cm³/mol. The van der Waals surface area contributed by atoms with Crippen LogP contribution in [0.1, 0.15) is 24.6 Å². The number of carbonyl (C=O) groups is 1. The minimum Gasteiger partial charge on any atom is -0.497 e. The molecule has 0 fully saturated rings. The molecule has 0 spiro atoms. The lowest BCUT2D eigenvalue weighted by Crippen LogP contribution is -1.96. The Morgan fingerprint density at radius 2 is 1.62 bits per heavy atom. The van der Waals surface area contributed by atoms with Gasteiger partial charge >= 0.3 is 5.97 Å². The van der Waals surface area contributed by atoms with Crippen molar-refractivity contribution in [1.82, 2.24) is 4.57 Å². The normalized spacial score (nSPS) is 11.6. The number of fused-ring (bicyclic) bond motifs is 3. The minimum absolute atomic E-state index is 0.270. The van der Waals surface area contributed by atoms with E-state index < -0.39 is 5.97 Å². The van der Waals surface area contributed by atoms with Crippen LogP contribution in [0.2, 0.25) is 0 Å². The average molecular weight is 507 g/mol. The number of hydrogen-bond donors (Lipinski definition) is 1. The maximum absolute atomic E-state index is 11.2. The number of hydrogen-bond acceptors (Lipinski definition) is 4. The van der Waals surface area contributed by atoms with Crippen LogP contribution in [0.25, 0.3) is 49.4 Å². The summed E-state index contributed by atoms with van der Waals surface area (Å²) in [6, 6.07) is 26.9. The zero-order valence-corrected chi connectivity index (χ0v) is 21.5. The van der Waals surface area contributed by atoms with Crippen LogP contribution < -0.4 is 4.74 Å². The molecule has 5 rings (SSSR count). The standard InChI is InChI=1S/C31H26N2O3S/c1-3-4-15-33-28-12-7-21(20-5-9-24(36-2)10-6-20)17-26(28)27-18-22(8-13-29(27)33)30-14-11-25(37-30)16-23(19-32)31(34)35/h5-14,16-18H,3-4,15H2,1-2H3,(H,34,35)/b23-16+. The Bertz CT molecular complexity index is 1680. The van der Waals surface area contributed by atoms with Gasteiger partial charge in [0.25, 0.3) is 0 Å². The van der Waals surface area contributed by atoms with E-state index in [0.29, 0.717) is 0 Å². The Labute approximate surface area is 219 Å². The Morgan fingerprint density at radius 3 is 2.24 bits per heavy atom. The largest absolute Gasteiger partial charge is 0.497 e. The van der Waals surface area contributed by atoms with Crippen LogP contribution in [0.3, 0.4) is 0 Å². The van der Waals surface area contributed by atoms with E-state index in [1.54, 1.807) is 13.2 Å². The number of unbranched alkanes of at least 4 members (excludes halogenated alkanes) is 1. The van der Waals surface area contributed by atoms with Gasteiger partial charge in [-0.1, -0.05) is 37.6 Å². The first kappa shape index (κ1) is 24.4. The minimum atomic E-state index is -1.22. The highest BCUT2D eigenvalue weighted by Gasteiger charge is 2.14. The van der Waals surface area contributed by atoms with Gasteiger partial charge in [-0.3, -0.25) is 0 Å². The molecule has 184 valence electrons. The third-order valence-electron chi connectivity index (χ3n) is 6.57. The van der Waals surface area contributed by atoms with Gasteiger partial charge in [0.2, 0.25) is 0 Å². The van der Waals surface area contributed by atoms with E-state index in [4.69, 9.17) is 10.00 Å². The number of aliphatic carboxylic acids is 1. The summed E-state index contributed by atoms with van der Waals surface area (Å²) in [7, 11) is 1.67. The molecular formula is C31H26N2O3S. The summed E-state index contributed by atoms with van der Waals surface area (Å²) >= 11 is 1.48. The number of methoxy groups -OCH3 is 1. The third kappa shape index (κ3) is 4.74. The zero-order chi connectivity index (χ0) is 25.9. The van der Waals surface area contributed by atoms with Gasteiger partial charge in [0.1, 0.15) is 17.4 Å². The van der Waals surface area contributed by atoms with Crippen molar-refractivity contribution >= 4 is 45.2 Å². The number of carboxylic acid groups (broad SMARTS) is 1. The monoisotopic (exact) mass is 506 g/mol. The first-order chi connectivity index (χ1) is 18.0. The van der Waals surface area contributed by atoms with E-state index in [0.717, 1.165) is 51.6 Å². The van der Waals surface area contributed by atoms with Crippen molar-refractivity contribution in [2.45, 2.75) is 26.3 Å². The van der Waals surface area contributed by atoms with Gasteiger partial charge in [-0.2, -0.15) is 5.26 Å². The maximum atomic E-state index is 11.2. The van der Waals surface area contributed by atoms with Gasteiger partial charge in [-0.15, -0.1) is 11.3 Å². The molecular weight excluding hydrogens is 480 g/mol. The molecule has 6 heteroatoms. The molecule has 0 aliphatic heterocycles. The van der Waals surface area contributed by atoms with Crippen molar-refractivity contribution in [1.29, 1.82) is 5.26 Å². The van der Waals surface area contributed by atoms with E-state index in [9.17, 15) is 9.90 Å². The van der Waals surface area contributed by atoms with Crippen molar-refractivity contribution < 1.29 is 14.6 Å². The first-order valence-corrected chi connectivity index (χ1v) is 13.0. The van der Waals surface area contributed by atoms with Crippen molar-refractivity contribution in [3.63, 3.8) is 0 Å². The molecule has 0 saturated heterocycles. The fraction of sp³-hybridized carbons (Fsp3) is 0.161. The number of nitrogens with zero attached hydrogens (tertiary/aromatic N) is 2. The van der Waals surface area contributed by atoms with E-state index in [1.807, 2.05) is 24.3 Å². The van der Waals surface area contributed by atoms with Crippen LogP contribution in [0, 0.1) is 11.3 Å². The molecule has 0 unspecified atom stereocenters. The second kappa shape index (κ2) is 10.3. The van der Waals surface area contributed by atoms with Crippen LogP contribution >= 0.6 is 11.3 Å². The van der Waals surface area contributed by atoms with Crippen LogP contribution in [0.5, 0.6) is 5.75 Å². The highest BCUT2D eigenvalue weighted by atomic mass is 32.1. The first-order valence-electron chi connectivity index (χ1n) is 12.2. The van der Waals surface area contributed by atoms with Gasteiger partial charge in [-0.05, 0) is 77.7 Å². The molecule has 0 saturated carbocycles. The highest BCUT2D eigenvalue weighted by molar-refractivity contribution is 7.16. The lowest BCUT2D eigenvalue weighted by molar-refractivity contribution is -0.132. The van der Waals surface area contributed by atoms with Gasteiger partial charge < -0.3 is 14.4 Å². The van der Waals surface area contributed by atoms with Crippen molar-refractivity contribution in [2.75, 3.05) is 7.11 Å². The van der Waals surface area contributed by atoms with Gasteiger partial charge in [0.05, 0.1) is 7.11 Å². The number of benzene rings is 3. The Morgan fingerprint density at radius 1 is 0.973 bits per heavy atom. The number of aryl methyl sites for hydroxylation is 1. The van der Waals surface area contributed by atoms with Crippen molar-refractivity contribution in [3.05, 3.63) is 83.2 Å². The second-order valence-electron chi connectivity index (χ2n) is 8.87. The van der Waals surface area contributed by atoms with Crippen LogP contribution in [0.15, 0.2) is 78.4 Å². The lowest BCUT2D eigenvalue weighted by atomic mass is 10.0. The van der Waals surface area contributed by atoms with Crippen LogP contribution in [-0.4, -0.2) is 22.8 Å². The van der Waals surface area contributed by atoms with Gasteiger partial charge in [0.15, 0.2) is 0 Å². The van der Waals surface area contributed by atoms with Gasteiger partial charge in [0, 0.05) is 38.1 Å². The Hall–Kier alpha value is -4.34. The summed E-state index contributed by atoms with van der Waals surface area (Å²) in [6.45, 7) is 3.16. The number of aromatic nitrogens is 1. The molecule has 5 aromatic rings. The number of rotatable bonds is 8.